The minimum Gasteiger partial charge on any atom is -0.314 e. The van der Waals surface area contributed by atoms with Crippen molar-refractivity contribution < 1.29 is 17.6 Å². The maximum Gasteiger partial charge on any atom is 0.240 e. The molecule has 21 heavy (non-hydrogen) atoms. The first kappa shape index (κ1) is 18.2. The zero-order valence-corrected chi connectivity index (χ0v) is 12.5. The Labute approximate surface area is 127 Å². The summed E-state index contributed by atoms with van der Waals surface area (Å²) in [5.74, 6) is -1.47. The molecule has 7 heteroatoms. The van der Waals surface area contributed by atoms with Gasteiger partial charge in [0.05, 0.1) is 0 Å². The van der Waals surface area contributed by atoms with Gasteiger partial charge in [-0.2, -0.15) is 0 Å². The highest BCUT2D eigenvalue weighted by Gasteiger charge is 2.30. The van der Waals surface area contributed by atoms with E-state index >= 15 is 0 Å². The van der Waals surface area contributed by atoms with Crippen molar-refractivity contribution in [3.8, 4) is 0 Å². The molecule has 0 spiro atoms. The van der Waals surface area contributed by atoms with Gasteiger partial charge in [0, 0.05) is 44.2 Å². The number of hydrogen-bond acceptors (Lipinski definition) is 2. The van der Waals surface area contributed by atoms with Gasteiger partial charge in [0.15, 0.2) is 0 Å². The summed E-state index contributed by atoms with van der Waals surface area (Å²) in [6, 6.07) is 1.55. The Hall–Kier alpha value is -0.850. The van der Waals surface area contributed by atoms with Crippen LogP contribution in [0, 0.1) is 18.6 Å². The van der Waals surface area contributed by atoms with Crippen LogP contribution in [-0.4, -0.2) is 37.5 Å². The van der Waals surface area contributed by atoms with E-state index in [0.717, 1.165) is 6.07 Å². The van der Waals surface area contributed by atoms with Gasteiger partial charge < -0.3 is 5.32 Å². The minimum atomic E-state index is -2.60. The fourth-order valence-electron chi connectivity index (χ4n) is 2.60. The van der Waals surface area contributed by atoms with E-state index in [4.69, 9.17) is 0 Å². The van der Waals surface area contributed by atoms with Gasteiger partial charge in [0.2, 0.25) is 6.43 Å². The fourth-order valence-corrected chi connectivity index (χ4v) is 2.60. The number of nitrogens with zero attached hydrogens (tertiary/aromatic N) is 1. The number of piperazine rings is 1. The van der Waals surface area contributed by atoms with Crippen LogP contribution in [0.1, 0.15) is 23.6 Å². The molecule has 0 bridgehead atoms. The zero-order chi connectivity index (χ0) is 14.7. The number of hydrogen-bond donors (Lipinski definition) is 1. The van der Waals surface area contributed by atoms with Gasteiger partial charge in [-0.1, -0.05) is 6.07 Å². The molecule has 1 heterocycles. The molecule has 0 radical (unpaired) electrons. The SMILES string of the molecule is Cc1ccc(F)c([C@H](CC(F)F)N2CCNCC2)c1F.Cl. The molecule has 1 N–H and O–H groups in total. The highest BCUT2D eigenvalue weighted by Crippen LogP contribution is 2.32. The Morgan fingerprint density at radius 2 is 1.81 bits per heavy atom. The molecule has 2 nitrogen and oxygen atoms in total. The normalized spacial score (nSPS) is 17.6. The van der Waals surface area contributed by atoms with E-state index in [-0.39, 0.29) is 23.5 Å². The van der Waals surface area contributed by atoms with E-state index < -0.39 is 30.5 Å². The van der Waals surface area contributed by atoms with Crippen molar-refractivity contribution in [3.05, 3.63) is 34.9 Å². The summed E-state index contributed by atoms with van der Waals surface area (Å²) < 4.78 is 53.8. The van der Waals surface area contributed by atoms with Crippen LogP contribution in [0.2, 0.25) is 0 Å². The minimum absolute atomic E-state index is 0. The van der Waals surface area contributed by atoms with Crippen LogP contribution in [0.3, 0.4) is 0 Å². The van der Waals surface area contributed by atoms with Crippen LogP contribution in [0.15, 0.2) is 12.1 Å². The number of rotatable bonds is 4. The molecule has 0 amide bonds. The lowest BCUT2D eigenvalue weighted by molar-refractivity contribution is 0.0709. The quantitative estimate of drug-likeness (QED) is 0.854. The Bertz CT molecular complexity index is 465. The molecule has 1 aliphatic rings. The average Bonchev–Trinajstić information content (AvgIpc) is 2.43. The van der Waals surface area contributed by atoms with Gasteiger partial charge in [-0.25, -0.2) is 17.6 Å². The molecular formula is C14H19ClF4N2. The summed E-state index contributed by atoms with van der Waals surface area (Å²) in [7, 11) is 0. The molecule has 2 rings (SSSR count). The molecule has 120 valence electrons. The molecule has 0 unspecified atom stereocenters. The highest BCUT2D eigenvalue weighted by atomic mass is 35.5. The summed E-state index contributed by atoms with van der Waals surface area (Å²) in [5, 5.41) is 3.10. The largest absolute Gasteiger partial charge is 0.314 e. The first-order valence-corrected chi connectivity index (χ1v) is 6.68. The van der Waals surface area contributed by atoms with Crippen molar-refractivity contribution in [3.63, 3.8) is 0 Å². The molecular weight excluding hydrogens is 308 g/mol. The Balaban J connectivity index is 0.00000220. The summed E-state index contributed by atoms with van der Waals surface area (Å²) >= 11 is 0. The maximum atomic E-state index is 14.2. The molecule has 0 saturated carbocycles. The number of alkyl halides is 2. The monoisotopic (exact) mass is 326 g/mol. The van der Waals surface area contributed by atoms with E-state index in [1.807, 2.05) is 0 Å². The van der Waals surface area contributed by atoms with Crippen LogP contribution in [0.4, 0.5) is 17.6 Å². The maximum absolute atomic E-state index is 14.2. The first-order valence-electron chi connectivity index (χ1n) is 6.68. The second kappa shape index (κ2) is 7.96. The standard InChI is InChI=1S/C14H18F4N2.ClH/c1-9-2-3-10(15)13(14(9)18)11(8-12(16)17)20-6-4-19-5-7-20;/h2-3,11-12,19H,4-8H2,1H3;1H/t11-;/m0./s1. The smallest absolute Gasteiger partial charge is 0.240 e. The number of benzene rings is 1. The van der Waals surface area contributed by atoms with Crippen LogP contribution in [-0.2, 0) is 0 Å². The molecule has 1 atom stereocenters. The third kappa shape index (κ3) is 4.31. The summed E-state index contributed by atoms with van der Waals surface area (Å²) in [6.07, 6.45) is -3.16. The van der Waals surface area contributed by atoms with E-state index in [9.17, 15) is 17.6 Å². The lowest BCUT2D eigenvalue weighted by Gasteiger charge is -2.35. The van der Waals surface area contributed by atoms with Gasteiger partial charge in [-0.05, 0) is 18.6 Å². The van der Waals surface area contributed by atoms with Crippen molar-refractivity contribution in [2.24, 2.45) is 0 Å². The van der Waals surface area contributed by atoms with Crippen LogP contribution in [0.5, 0.6) is 0 Å². The Morgan fingerprint density at radius 3 is 2.38 bits per heavy atom. The van der Waals surface area contributed by atoms with Gasteiger partial charge in [-0.15, -0.1) is 12.4 Å². The van der Waals surface area contributed by atoms with Crippen molar-refractivity contribution in [1.82, 2.24) is 10.2 Å². The molecule has 1 aromatic carbocycles. The average molecular weight is 327 g/mol. The molecule has 1 fully saturated rings. The molecule has 1 aromatic rings. The lowest BCUT2D eigenvalue weighted by atomic mass is 9.98. The van der Waals surface area contributed by atoms with Crippen molar-refractivity contribution in [1.29, 1.82) is 0 Å². The van der Waals surface area contributed by atoms with Crippen LogP contribution < -0.4 is 5.32 Å². The van der Waals surface area contributed by atoms with Gasteiger partial charge in [0.25, 0.3) is 0 Å². The summed E-state index contributed by atoms with van der Waals surface area (Å²) in [6.45, 7) is 3.79. The molecule has 0 aromatic heterocycles. The number of halogens is 5. The van der Waals surface area contributed by atoms with Crippen molar-refractivity contribution in [2.75, 3.05) is 26.2 Å². The van der Waals surface area contributed by atoms with E-state index in [2.05, 4.69) is 5.32 Å². The van der Waals surface area contributed by atoms with Gasteiger partial charge in [0.1, 0.15) is 11.6 Å². The van der Waals surface area contributed by atoms with Gasteiger partial charge >= 0.3 is 0 Å². The third-order valence-electron chi connectivity index (χ3n) is 3.65. The molecule has 1 saturated heterocycles. The van der Waals surface area contributed by atoms with Crippen molar-refractivity contribution in [2.45, 2.75) is 25.8 Å². The number of nitrogens with one attached hydrogen (secondary N) is 1. The van der Waals surface area contributed by atoms with Crippen LogP contribution >= 0.6 is 12.4 Å². The zero-order valence-electron chi connectivity index (χ0n) is 11.7. The third-order valence-corrected chi connectivity index (χ3v) is 3.65. The Kier molecular flexibility index (Phi) is 6.90. The molecule has 1 aliphatic heterocycles. The first-order chi connectivity index (χ1) is 9.50. The van der Waals surface area contributed by atoms with E-state index in [0.29, 0.717) is 26.2 Å². The second-order valence-corrected chi connectivity index (χ2v) is 5.02. The topological polar surface area (TPSA) is 15.3 Å². The van der Waals surface area contributed by atoms with E-state index in [1.165, 1.54) is 13.0 Å². The Morgan fingerprint density at radius 1 is 1.19 bits per heavy atom. The lowest BCUT2D eigenvalue weighted by Crippen LogP contribution is -2.46. The highest BCUT2D eigenvalue weighted by molar-refractivity contribution is 5.85. The van der Waals surface area contributed by atoms with E-state index in [1.54, 1.807) is 4.90 Å². The predicted octanol–water partition coefficient (Wildman–Crippen LogP) is 3.30. The fraction of sp³-hybridized carbons (Fsp3) is 0.571. The van der Waals surface area contributed by atoms with Crippen molar-refractivity contribution >= 4 is 12.4 Å². The second-order valence-electron chi connectivity index (χ2n) is 5.02. The summed E-state index contributed by atoms with van der Waals surface area (Å²) in [5.41, 5.74) is 0.0444. The number of aryl methyl sites for hydroxylation is 1. The van der Waals surface area contributed by atoms with Gasteiger partial charge in [-0.3, -0.25) is 4.90 Å². The van der Waals surface area contributed by atoms with Crippen LogP contribution in [0.25, 0.3) is 0 Å². The molecule has 0 aliphatic carbocycles. The predicted molar refractivity (Wildman–Crippen MR) is 76.1 cm³/mol. The summed E-state index contributed by atoms with van der Waals surface area (Å²) in [4.78, 5) is 1.73.